The zero-order valence-corrected chi connectivity index (χ0v) is 15.4. The van der Waals surface area contributed by atoms with Crippen molar-refractivity contribution in [1.29, 1.82) is 0 Å². The molecule has 0 spiro atoms. The third-order valence-corrected chi connectivity index (χ3v) is 3.94. The first-order valence-electron chi connectivity index (χ1n) is 7.66. The zero-order valence-electron chi connectivity index (χ0n) is 13.8. The minimum absolute atomic E-state index is 0.00700. The van der Waals surface area contributed by atoms with Gasteiger partial charge in [0.15, 0.2) is 11.5 Å². The number of halogens is 1. The van der Waals surface area contributed by atoms with Crippen molar-refractivity contribution >= 4 is 28.1 Å². The van der Waals surface area contributed by atoms with Gasteiger partial charge >= 0.3 is 0 Å². The number of hydrogen-bond donors (Lipinski definition) is 2. The average molecular weight is 408 g/mol. The van der Waals surface area contributed by atoms with E-state index in [0.717, 1.165) is 0 Å². The van der Waals surface area contributed by atoms with Crippen LogP contribution in [-0.2, 0) is 6.54 Å². The lowest BCUT2D eigenvalue weighted by Gasteiger charge is -2.08. The molecule has 7 nitrogen and oxygen atoms in total. The van der Waals surface area contributed by atoms with E-state index >= 15 is 0 Å². The third-order valence-electron chi connectivity index (χ3n) is 3.34. The summed E-state index contributed by atoms with van der Waals surface area (Å²) in [5.74, 6) is -0.294. The fraction of sp³-hybridized carbons (Fsp3) is 0.235. The molecule has 8 heteroatoms. The number of aryl methyl sites for hydroxylation is 1. The van der Waals surface area contributed by atoms with Crippen LogP contribution in [0.1, 0.15) is 29.8 Å². The number of rotatable bonds is 6. The summed E-state index contributed by atoms with van der Waals surface area (Å²) in [6, 6.07) is 6.30. The van der Waals surface area contributed by atoms with E-state index in [1.807, 2.05) is 6.92 Å². The van der Waals surface area contributed by atoms with Gasteiger partial charge in [-0.2, -0.15) is 5.10 Å². The monoisotopic (exact) mass is 407 g/mol. The van der Waals surface area contributed by atoms with Crippen LogP contribution in [0.15, 0.2) is 44.8 Å². The van der Waals surface area contributed by atoms with Gasteiger partial charge in [-0.15, -0.1) is 0 Å². The lowest BCUT2D eigenvalue weighted by Crippen LogP contribution is -2.30. The zero-order chi connectivity index (χ0) is 18.4. The SMILES string of the molecule is CCOc1cc(/C=N\NC(=O)c2cccn(CC)c2=O)cc(Br)c1O. The highest BCUT2D eigenvalue weighted by molar-refractivity contribution is 9.10. The van der Waals surface area contributed by atoms with Gasteiger partial charge in [-0.05, 0) is 59.6 Å². The summed E-state index contributed by atoms with van der Waals surface area (Å²) in [7, 11) is 0. The van der Waals surface area contributed by atoms with Crippen LogP contribution in [0.5, 0.6) is 11.5 Å². The number of carbonyl (C=O) groups excluding carboxylic acids is 1. The van der Waals surface area contributed by atoms with Crippen molar-refractivity contribution in [1.82, 2.24) is 9.99 Å². The molecule has 0 saturated carbocycles. The maximum absolute atomic E-state index is 12.1. The van der Waals surface area contributed by atoms with Gasteiger partial charge in [-0.1, -0.05) is 0 Å². The normalized spacial score (nSPS) is 10.8. The van der Waals surface area contributed by atoms with Crippen LogP contribution in [0.2, 0.25) is 0 Å². The van der Waals surface area contributed by atoms with Crippen LogP contribution >= 0.6 is 15.9 Å². The molecule has 1 amide bonds. The van der Waals surface area contributed by atoms with Gasteiger partial charge in [0.1, 0.15) is 5.56 Å². The predicted molar refractivity (Wildman–Crippen MR) is 98.4 cm³/mol. The number of amides is 1. The summed E-state index contributed by atoms with van der Waals surface area (Å²) in [6.45, 7) is 4.50. The Labute approximate surface area is 153 Å². The predicted octanol–water partition coefficient (Wildman–Crippen LogP) is 2.50. The van der Waals surface area contributed by atoms with Crippen LogP contribution in [0.3, 0.4) is 0 Å². The van der Waals surface area contributed by atoms with Gasteiger partial charge in [-0.3, -0.25) is 9.59 Å². The lowest BCUT2D eigenvalue weighted by molar-refractivity contribution is 0.0953. The topological polar surface area (TPSA) is 92.9 Å². The molecule has 0 atom stereocenters. The Kier molecular flexibility index (Phi) is 6.35. The number of pyridine rings is 1. The number of phenols is 1. The van der Waals surface area contributed by atoms with Gasteiger partial charge < -0.3 is 14.4 Å². The standard InChI is InChI=1S/C17H18BrN3O4/c1-3-21-7-5-6-12(17(21)24)16(23)20-19-10-11-8-13(18)15(22)14(9-11)25-4-2/h5-10,22H,3-4H2,1-2H3,(H,20,23)/b19-10-. The van der Waals surface area contributed by atoms with Gasteiger partial charge in [-0.25, -0.2) is 5.43 Å². The first kappa shape index (κ1) is 18.7. The van der Waals surface area contributed by atoms with Crippen molar-refractivity contribution in [2.45, 2.75) is 20.4 Å². The highest BCUT2D eigenvalue weighted by Crippen LogP contribution is 2.34. The summed E-state index contributed by atoms with van der Waals surface area (Å²) in [4.78, 5) is 24.2. The van der Waals surface area contributed by atoms with E-state index in [-0.39, 0.29) is 16.9 Å². The molecule has 2 aromatic rings. The van der Waals surface area contributed by atoms with Crippen molar-refractivity contribution in [3.05, 3.63) is 56.4 Å². The van der Waals surface area contributed by atoms with Gasteiger partial charge in [0.05, 0.1) is 17.3 Å². The van der Waals surface area contributed by atoms with Crippen LogP contribution in [0.4, 0.5) is 0 Å². The van der Waals surface area contributed by atoms with E-state index in [1.54, 1.807) is 31.3 Å². The van der Waals surface area contributed by atoms with Crippen molar-refractivity contribution in [2.24, 2.45) is 5.10 Å². The van der Waals surface area contributed by atoms with E-state index < -0.39 is 5.91 Å². The Morgan fingerprint density at radius 1 is 1.44 bits per heavy atom. The Hall–Kier alpha value is -2.61. The van der Waals surface area contributed by atoms with Gasteiger partial charge in [0, 0.05) is 12.7 Å². The van der Waals surface area contributed by atoms with Crippen molar-refractivity contribution < 1.29 is 14.6 Å². The van der Waals surface area contributed by atoms with Crippen molar-refractivity contribution in [3.8, 4) is 11.5 Å². The van der Waals surface area contributed by atoms with E-state index in [1.165, 1.54) is 16.8 Å². The summed E-state index contributed by atoms with van der Waals surface area (Å²) in [5, 5.41) is 13.7. The second kappa shape index (κ2) is 8.48. The molecular weight excluding hydrogens is 390 g/mol. The van der Waals surface area contributed by atoms with Crippen molar-refractivity contribution in [2.75, 3.05) is 6.61 Å². The summed E-state index contributed by atoms with van der Waals surface area (Å²) < 4.78 is 7.20. The molecule has 0 radical (unpaired) electrons. The molecule has 2 rings (SSSR count). The van der Waals surface area contributed by atoms with Crippen molar-refractivity contribution in [3.63, 3.8) is 0 Å². The van der Waals surface area contributed by atoms with Gasteiger partial charge in [0.2, 0.25) is 0 Å². The smallest absolute Gasteiger partial charge is 0.276 e. The van der Waals surface area contributed by atoms with Crippen LogP contribution in [0.25, 0.3) is 0 Å². The third kappa shape index (κ3) is 4.48. The molecule has 0 saturated heterocycles. The number of hydrazone groups is 1. The molecule has 0 aliphatic rings. The Morgan fingerprint density at radius 2 is 2.20 bits per heavy atom. The molecule has 1 aromatic heterocycles. The molecule has 1 aromatic carbocycles. The van der Waals surface area contributed by atoms with E-state index in [0.29, 0.717) is 28.9 Å². The largest absolute Gasteiger partial charge is 0.503 e. The number of aromatic hydroxyl groups is 1. The summed E-state index contributed by atoms with van der Waals surface area (Å²) in [6.07, 6.45) is 3.01. The molecule has 1 heterocycles. The Balaban J connectivity index is 2.16. The molecule has 0 bridgehead atoms. The van der Waals surface area contributed by atoms with E-state index in [9.17, 15) is 14.7 Å². The number of ether oxygens (including phenoxy) is 1. The Morgan fingerprint density at radius 3 is 2.88 bits per heavy atom. The van der Waals surface area contributed by atoms with Gasteiger partial charge in [0.25, 0.3) is 11.5 Å². The average Bonchev–Trinajstić information content (AvgIpc) is 2.59. The van der Waals surface area contributed by atoms with Crippen LogP contribution in [-0.4, -0.2) is 28.4 Å². The highest BCUT2D eigenvalue weighted by Gasteiger charge is 2.11. The van der Waals surface area contributed by atoms with Crippen LogP contribution < -0.4 is 15.7 Å². The van der Waals surface area contributed by atoms with E-state index in [2.05, 4.69) is 26.5 Å². The first-order chi connectivity index (χ1) is 12.0. The molecule has 25 heavy (non-hydrogen) atoms. The molecule has 132 valence electrons. The number of aromatic nitrogens is 1. The Bertz CT molecular complexity index is 861. The molecule has 0 aliphatic carbocycles. The molecule has 2 N–H and O–H groups in total. The number of nitrogens with one attached hydrogen (secondary N) is 1. The highest BCUT2D eigenvalue weighted by atomic mass is 79.9. The maximum atomic E-state index is 12.1. The minimum atomic E-state index is -0.591. The molecular formula is C17H18BrN3O4. The first-order valence-corrected chi connectivity index (χ1v) is 8.45. The summed E-state index contributed by atoms with van der Waals surface area (Å²) in [5.41, 5.74) is 2.57. The second-order valence-electron chi connectivity index (χ2n) is 4.99. The number of hydrogen-bond acceptors (Lipinski definition) is 5. The minimum Gasteiger partial charge on any atom is -0.503 e. The molecule has 0 aliphatic heterocycles. The lowest BCUT2D eigenvalue weighted by atomic mass is 10.2. The number of benzene rings is 1. The van der Waals surface area contributed by atoms with E-state index in [4.69, 9.17) is 4.74 Å². The number of nitrogens with zero attached hydrogens (tertiary/aromatic N) is 2. The molecule has 0 fully saturated rings. The summed E-state index contributed by atoms with van der Waals surface area (Å²) >= 11 is 3.23. The molecule has 0 unspecified atom stereocenters. The fourth-order valence-electron chi connectivity index (χ4n) is 2.12. The van der Waals surface area contributed by atoms with Crippen LogP contribution in [0, 0.1) is 0 Å². The fourth-order valence-corrected chi connectivity index (χ4v) is 2.58. The maximum Gasteiger partial charge on any atom is 0.276 e. The number of phenolic OH excluding ortho intramolecular Hbond substituents is 1. The quantitative estimate of drug-likeness (QED) is 0.568. The number of carbonyl (C=O) groups is 1. The second-order valence-corrected chi connectivity index (χ2v) is 5.85.